The maximum Gasteiger partial charge on any atom is 0.261 e. The Morgan fingerprint density at radius 2 is 1.71 bits per heavy atom. The summed E-state index contributed by atoms with van der Waals surface area (Å²) in [5.41, 5.74) is -0.187. The Kier molecular flexibility index (Phi) is 5.37. The van der Waals surface area contributed by atoms with E-state index in [1.54, 1.807) is 6.92 Å². The minimum Gasteiger partial charge on any atom is -0.481 e. The zero-order valence-electron chi connectivity index (χ0n) is 13.8. The highest BCUT2D eigenvalue weighted by Gasteiger charge is 2.29. The molecule has 1 aromatic carbocycles. The fraction of sp³-hybridized carbons (Fsp3) is 0.588. The summed E-state index contributed by atoms with van der Waals surface area (Å²) in [6, 6.07) is 5.64. The number of carbonyl (C=O) groups excluding carboxylic acids is 1. The molecule has 1 N–H and O–H groups in total. The van der Waals surface area contributed by atoms with Gasteiger partial charge in [-0.15, -0.1) is 0 Å². The smallest absolute Gasteiger partial charge is 0.261 e. The van der Waals surface area contributed by atoms with Crippen LogP contribution in [0.5, 0.6) is 5.75 Å². The number of halogens is 1. The highest BCUT2D eigenvalue weighted by atomic mass is 19.1. The molecule has 1 aromatic rings. The van der Waals surface area contributed by atoms with Gasteiger partial charge in [0.05, 0.1) is 0 Å². The Balaban J connectivity index is 2.60. The van der Waals surface area contributed by atoms with E-state index >= 15 is 0 Å². The van der Waals surface area contributed by atoms with Crippen LogP contribution in [0.1, 0.15) is 48.0 Å². The molecule has 3 nitrogen and oxygen atoms in total. The fourth-order valence-corrected chi connectivity index (χ4v) is 2.58. The van der Waals surface area contributed by atoms with Crippen molar-refractivity contribution in [3.8, 4) is 5.75 Å². The fourth-order valence-electron chi connectivity index (χ4n) is 2.58. The zero-order chi connectivity index (χ0) is 16.3. The topological polar surface area (TPSA) is 38.3 Å². The van der Waals surface area contributed by atoms with Gasteiger partial charge in [0.25, 0.3) is 5.91 Å². The van der Waals surface area contributed by atoms with Gasteiger partial charge in [-0.1, -0.05) is 20.8 Å². The monoisotopic (exact) mass is 295 g/mol. The number of benzene rings is 1. The molecule has 118 valence electrons. The van der Waals surface area contributed by atoms with Crippen LogP contribution < -0.4 is 10.1 Å². The highest BCUT2D eigenvalue weighted by molar-refractivity contribution is 5.81. The van der Waals surface area contributed by atoms with Crippen molar-refractivity contribution in [2.24, 2.45) is 5.41 Å². The summed E-state index contributed by atoms with van der Waals surface area (Å²) in [7, 11) is 0. The second kappa shape index (κ2) is 6.46. The highest BCUT2D eigenvalue weighted by Crippen LogP contribution is 2.27. The lowest BCUT2D eigenvalue weighted by atomic mass is 9.81. The number of hydrogen-bond acceptors (Lipinski definition) is 2. The summed E-state index contributed by atoms with van der Waals surface area (Å²) in [4.78, 5) is 12.2. The first-order valence-corrected chi connectivity index (χ1v) is 7.23. The number of nitrogens with one attached hydrogen (secondary N) is 1. The number of hydrogen-bond donors (Lipinski definition) is 1. The molecule has 0 spiro atoms. The average Bonchev–Trinajstić information content (AvgIpc) is 2.28. The molecule has 0 aliphatic rings. The number of rotatable bonds is 5. The molecule has 0 heterocycles. The van der Waals surface area contributed by atoms with E-state index in [1.165, 1.54) is 24.3 Å². The molecule has 0 fully saturated rings. The van der Waals surface area contributed by atoms with Gasteiger partial charge in [0.2, 0.25) is 0 Å². The molecule has 1 atom stereocenters. The van der Waals surface area contributed by atoms with Crippen molar-refractivity contribution in [1.29, 1.82) is 0 Å². The van der Waals surface area contributed by atoms with Gasteiger partial charge in [-0.2, -0.15) is 0 Å². The third kappa shape index (κ3) is 6.61. The van der Waals surface area contributed by atoms with Gasteiger partial charge in [0.1, 0.15) is 11.6 Å². The van der Waals surface area contributed by atoms with E-state index in [4.69, 9.17) is 4.74 Å². The largest absolute Gasteiger partial charge is 0.481 e. The summed E-state index contributed by atoms with van der Waals surface area (Å²) in [6.07, 6.45) is 0.226. The molecule has 0 bridgehead atoms. The van der Waals surface area contributed by atoms with Gasteiger partial charge in [-0.25, -0.2) is 4.39 Å². The summed E-state index contributed by atoms with van der Waals surface area (Å²) >= 11 is 0. The van der Waals surface area contributed by atoms with Crippen LogP contribution in [-0.2, 0) is 4.79 Å². The van der Waals surface area contributed by atoms with E-state index in [0.717, 1.165) is 6.42 Å². The van der Waals surface area contributed by atoms with Crippen LogP contribution in [0.3, 0.4) is 0 Å². The minimum atomic E-state index is -0.630. The van der Waals surface area contributed by atoms with E-state index in [2.05, 4.69) is 26.1 Å². The van der Waals surface area contributed by atoms with Gasteiger partial charge in [0, 0.05) is 5.54 Å². The summed E-state index contributed by atoms with van der Waals surface area (Å²) in [6.45, 7) is 12.1. The summed E-state index contributed by atoms with van der Waals surface area (Å²) in [5, 5.41) is 3.01. The molecule has 0 aliphatic heterocycles. The molecule has 0 radical (unpaired) electrons. The van der Waals surface area contributed by atoms with Gasteiger partial charge >= 0.3 is 0 Å². The van der Waals surface area contributed by atoms with Gasteiger partial charge in [-0.3, -0.25) is 4.79 Å². The molecule has 21 heavy (non-hydrogen) atoms. The van der Waals surface area contributed by atoms with E-state index < -0.39 is 6.10 Å². The Labute approximate surface area is 126 Å². The van der Waals surface area contributed by atoms with Gasteiger partial charge in [0.15, 0.2) is 6.10 Å². The predicted molar refractivity (Wildman–Crippen MR) is 82.8 cm³/mol. The van der Waals surface area contributed by atoms with Crippen molar-refractivity contribution in [2.75, 3.05) is 0 Å². The van der Waals surface area contributed by atoms with Crippen molar-refractivity contribution in [3.05, 3.63) is 30.1 Å². The van der Waals surface area contributed by atoms with Crippen LogP contribution in [0.15, 0.2) is 24.3 Å². The minimum absolute atomic E-state index is 0.123. The van der Waals surface area contributed by atoms with Crippen molar-refractivity contribution in [2.45, 2.75) is 59.6 Å². The van der Waals surface area contributed by atoms with E-state index in [9.17, 15) is 9.18 Å². The lowest BCUT2D eigenvalue weighted by Gasteiger charge is -2.34. The molecule has 0 saturated heterocycles. The van der Waals surface area contributed by atoms with Crippen molar-refractivity contribution in [1.82, 2.24) is 5.32 Å². The SMILES string of the molecule is C[C@@H](Oc1ccc(F)cc1)C(=O)NC(C)(C)CC(C)(C)C. The maximum absolute atomic E-state index is 12.8. The first-order chi connectivity index (χ1) is 9.48. The Hall–Kier alpha value is -1.58. The second-order valence-electron chi connectivity index (χ2n) is 7.32. The normalized spacial score (nSPS) is 13.7. The molecule has 0 aromatic heterocycles. The van der Waals surface area contributed by atoms with E-state index in [1.807, 2.05) is 13.8 Å². The zero-order valence-corrected chi connectivity index (χ0v) is 13.8. The molecule has 0 aliphatic carbocycles. The molecule has 1 rings (SSSR count). The summed E-state index contributed by atoms with van der Waals surface area (Å²) < 4.78 is 18.4. The van der Waals surface area contributed by atoms with Crippen LogP contribution in [0, 0.1) is 11.2 Å². The van der Waals surface area contributed by atoms with Crippen LogP contribution in [-0.4, -0.2) is 17.6 Å². The van der Waals surface area contributed by atoms with Crippen LogP contribution in [0.2, 0.25) is 0 Å². The molecule has 4 heteroatoms. The van der Waals surface area contributed by atoms with Crippen LogP contribution in [0.25, 0.3) is 0 Å². The number of carbonyl (C=O) groups is 1. The van der Waals surface area contributed by atoms with Gasteiger partial charge in [-0.05, 0) is 56.9 Å². The maximum atomic E-state index is 12.8. The molecule has 0 unspecified atom stereocenters. The van der Waals surface area contributed by atoms with Crippen molar-refractivity contribution < 1.29 is 13.9 Å². The Bertz CT molecular complexity index is 475. The first-order valence-electron chi connectivity index (χ1n) is 7.23. The summed E-state index contributed by atoms with van der Waals surface area (Å²) in [5.74, 6) is -0.0213. The number of amides is 1. The molecular weight excluding hydrogens is 269 g/mol. The molecule has 1 amide bonds. The average molecular weight is 295 g/mol. The standard InChI is InChI=1S/C17H26FNO2/c1-12(21-14-9-7-13(18)8-10-14)15(20)19-17(5,6)11-16(2,3)4/h7-10,12H,11H2,1-6H3,(H,19,20)/t12-/m1/s1. The first kappa shape index (κ1) is 17.5. The third-order valence-electron chi connectivity index (χ3n) is 2.93. The quantitative estimate of drug-likeness (QED) is 0.894. The predicted octanol–water partition coefficient (Wildman–Crippen LogP) is 3.92. The lowest BCUT2D eigenvalue weighted by Crippen LogP contribution is -2.50. The Morgan fingerprint density at radius 3 is 2.19 bits per heavy atom. The van der Waals surface area contributed by atoms with Crippen LogP contribution >= 0.6 is 0 Å². The second-order valence-corrected chi connectivity index (χ2v) is 7.32. The third-order valence-corrected chi connectivity index (χ3v) is 2.93. The molecule has 0 saturated carbocycles. The van der Waals surface area contributed by atoms with Crippen molar-refractivity contribution in [3.63, 3.8) is 0 Å². The van der Waals surface area contributed by atoms with Gasteiger partial charge < -0.3 is 10.1 Å². The van der Waals surface area contributed by atoms with E-state index in [-0.39, 0.29) is 22.7 Å². The molecular formula is C17H26FNO2. The van der Waals surface area contributed by atoms with E-state index in [0.29, 0.717) is 5.75 Å². The Morgan fingerprint density at radius 1 is 1.19 bits per heavy atom. The van der Waals surface area contributed by atoms with Crippen molar-refractivity contribution >= 4 is 5.91 Å². The number of ether oxygens (including phenoxy) is 1. The van der Waals surface area contributed by atoms with Crippen LogP contribution in [0.4, 0.5) is 4.39 Å². The lowest BCUT2D eigenvalue weighted by molar-refractivity contribution is -0.129.